The van der Waals surface area contributed by atoms with Crippen molar-refractivity contribution < 1.29 is 4.79 Å². The second-order valence-corrected chi connectivity index (χ2v) is 5.20. The molecule has 0 saturated heterocycles. The van der Waals surface area contributed by atoms with Crippen LogP contribution in [0.15, 0.2) is 30.5 Å². The molecule has 96 valence electrons. The second-order valence-electron chi connectivity index (χ2n) is 5.20. The monoisotopic (exact) mass is 244 g/mol. The molecule has 0 saturated carbocycles. The zero-order chi connectivity index (χ0) is 13.1. The van der Waals surface area contributed by atoms with Crippen molar-refractivity contribution in [2.45, 2.75) is 27.3 Å². The average molecular weight is 244 g/mol. The number of nitrogens with zero attached hydrogens (tertiary/aromatic N) is 1. The maximum Gasteiger partial charge on any atom is 0.239 e. The molecule has 1 aromatic heterocycles. The zero-order valence-corrected chi connectivity index (χ0v) is 11.2. The number of carbonyl (C=O) groups is 1. The molecule has 0 aliphatic rings. The molecular weight excluding hydrogens is 224 g/mol. The van der Waals surface area contributed by atoms with Gasteiger partial charge in [0.05, 0.1) is 0 Å². The van der Waals surface area contributed by atoms with E-state index < -0.39 is 0 Å². The first-order chi connectivity index (χ1) is 8.56. The van der Waals surface area contributed by atoms with Gasteiger partial charge in [0.2, 0.25) is 5.91 Å². The number of carbonyl (C=O) groups excluding carboxylic acids is 1. The molecule has 0 bridgehead atoms. The van der Waals surface area contributed by atoms with Gasteiger partial charge in [0, 0.05) is 18.3 Å². The Hall–Kier alpha value is -1.77. The number of nitrogens with one attached hydrogen (secondary N) is 1. The zero-order valence-electron chi connectivity index (χ0n) is 11.2. The van der Waals surface area contributed by atoms with E-state index in [1.165, 1.54) is 10.9 Å². The van der Waals surface area contributed by atoms with E-state index in [1.54, 1.807) is 0 Å². The van der Waals surface area contributed by atoms with E-state index in [1.807, 2.05) is 10.8 Å². The summed E-state index contributed by atoms with van der Waals surface area (Å²) in [6.45, 7) is 7.38. The maximum atomic E-state index is 11.8. The van der Waals surface area contributed by atoms with Crippen molar-refractivity contribution in [2.75, 3.05) is 6.54 Å². The van der Waals surface area contributed by atoms with Crippen molar-refractivity contribution in [3.8, 4) is 0 Å². The minimum atomic E-state index is 0.0711. The fourth-order valence-corrected chi connectivity index (χ4v) is 1.99. The lowest BCUT2D eigenvalue weighted by atomic mass is 10.2. The van der Waals surface area contributed by atoms with Crippen molar-refractivity contribution in [1.29, 1.82) is 0 Å². The Morgan fingerprint density at radius 1 is 1.33 bits per heavy atom. The van der Waals surface area contributed by atoms with E-state index in [-0.39, 0.29) is 5.91 Å². The molecule has 0 unspecified atom stereocenters. The van der Waals surface area contributed by atoms with E-state index in [2.05, 4.69) is 50.4 Å². The Morgan fingerprint density at radius 3 is 2.83 bits per heavy atom. The van der Waals surface area contributed by atoms with Crippen molar-refractivity contribution >= 4 is 16.8 Å². The minimum absolute atomic E-state index is 0.0711. The summed E-state index contributed by atoms with van der Waals surface area (Å²) in [6, 6.07) is 8.33. The van der Waals surface area contributed by atoms with E-state index >= 15 is 0 Å². The number of aromatic nitrogens is 1. The quantitative estimate of drug-likeness (QED) is 0.881. The summed E-state index contributed by atoms with van der Waals surface area (Å²) < 4.78 is 1.99. The van der Waals surface area contributed by atoms with Gasteiger partial charge in [-0.25, -0.2) is 0 Å². The predicted molar refractivity (Wildman–Crippen MR) is 74.5 cm³/mol. The predicted octanol–water partition coefficient (Wildman–Crippen LogP) is 2.72. The molecule has 2 aromatic rings. The number of aryl methyl sites for hydroxylation is 1. The summed E-state index contributed by atoms with van der Waals surface area (Å²) in [5.41, 5.74) is 2.35. The van der Waals surface area contributed by atoms with Gasteiger partial charge in [0.25, 0.3) is 0 Å². The Kier molecular flexibility index (Phi) is 3.70. The molecule has 3 heteroatoms. The SMILES string of the molecule is Cc1ccc2c(ccn2CC(=O)NCC(C)C)c1. The number of hydrogen-bond acceptors (Lipinski definition) is 1. The molecule has 1 aromatic carbocycles. The molecule has 0 fully saturated rings. The van der Waals surface area contributed by atoms with E-state index in [0.717, 1.165) is 12.1 Å². The van der Waals surface area contributed by atoms with Gasteiger partial charge >= 0.3 is 0 Å². The second kappa shape index (κ2) is 5.25. The lowest BCUT2D eigenvalue weighted by Gasteiger charge is -2.09. The molecule has 0 spiro atoms. The lowest BCUT2D eigenvalue weighted by Crippen LogP contribution is -2.30. The fraction of sp³-hybridized carbons (Fsp3) is 0.400. The van der Waals surface area contributed by atoms with Crippen LogP contribution in [-0.4, -0.2) is 17.0 Å². The van der Waals surface area contributed by atoms with Crippen LogP contribution in [0.4, 0.5) is 0 Å². The highest BCUT2D eigenvalue weighted by atomic mass is 16.1. The van der Waals surface area contributed by atoms with Crippen LogP contribution in [0.25, 0.3) is 10.9 Å². The third-order valence-corrected chi connectivity index (χ3v) is 2.95. The molecule has 0 aliphatic heterocycles. The van der Waals surface area contributed by atoms with Crippen LogP contribution >= 0.6 is 0 Å². The van der Waals surface area contributed by atoms with Crippen molar-refractivity contribution in [2.24, 2.45) is 5.92 Å². The first-order valence-electron chi connectivity index (χ1n) is 6.38. The molecule has 1 N–H and O–H groups in total. The van der Waals surface area contributed by atoms with E-state index in [0.29, 0.717) is 12.5 Å². The van der Waals surface area contributed by atoms with Gasteiger partial charge < -0.3 is 9.88 Å². The van der Waals surface area contributed by atoms with E-state index in [9.17, 15) is 4.79 Å². The Bertz CT molecular complexity index is 555. The van der Waals surface area contributed by atoms with Crippen LogP contribution in [0.5, 0.6) is 0 Å². The first-order valence-corrected chi connectivity index (χ1v) is 6.38. The molecule has 0 atom stereocenters. The Balaban J connectivity index is 2.10. The van der Waals surface area contributed by atoms with Gasteiger partial charge in [0.15, 0.2) is 0 Å². The van der Waals surface area contributed by atoms with Crippen LogP contribution in [-0.2, 0) is 11.3 Å². The summed E-state index contributed by atoms with van der Waals surface area (Å²) in [5.74, 6) is 0.555. The molecule has 1 amide bonds. The topological polar surface area (TPSA) is 34.0 Å². The highest BCUT2D eigenvalue weighted by Crippen LogP contribution is 2.17. The van der Waals surface area contributed by atoms with Crippen molar-refractivity contribution in [3.05, 3.63) is 36.0 Å². The van der Waals surface area contributed by atoms with Crippen LogP contribution in [0.1, 0.15) is 19.4 Å². The summed E-state index contributed by atoms with van der Waals surface area (Å²) in [5, 5.41) is 4.12. The molecule has 1 heterocycles. The molecule has 2 rings (SSSR count). The number of benzene rings is 1. The van der Waals surface area contributed by atoms with Crippen LogP contribution in [0.2, 0.25) is 0 Å². The Morgan fingerprint density at radius 2 is 2.11 bits per heavy atom. The number of fused-ring (bicyclic) bond motifs is 1. The summed E-state index contributed by atoms with van der Waals surface area (Å²) in [6.07, 6.45) is 1.97. The molecule has 0 aliphatic carbocycles. The number of rotatable bonds is 4. The van der Waals surface area contributed by atoms with E-state index in [4.69, 9.17) is 0 Å². The van der Waals surface area contributed by atoms with Gasteiger partial charge in [-0.3, -0.25) is 4.79 Å². The third-order valence-electron chi connectivity index (χ3n) is 2.95. The maximum absolute atomic E-state index is 11.8. The molecule has 0 radical (unpaired) electrons. The lowest BCUT2D eigenvalue weighted by molar-refractivity contribution is -0.121. The molecular formula is C15H20N2O. The van der Waals surface area contributed by atoms with Gasteiger partial charge in [-0.2, -0.15) is 0 Å². The normalized spacial score (nSPS) is 11.1. The summed E-state index contributed by atoms with van der Waals surface area (Å²) >= 11 is 0. The van der Waals surface area contributed by atoms with Crippen LogP contribution in [0, 0.1) is 12.8 Å². The van der Waals surface area contributed by atoms with Crippen molar-refractivity contribution in [3.63, 3.8) is 0 Å². The Labute approximate surface area is 108 Å². The smallest absolute Gasteiger partial charge is 0.239 e. The standard InChI is InChI=1S/C15H20N2O/c1-11(2)9-16-15(18)10-17-7-6-13-8-12(3)4-5-14(13)17/h4-8,11H,9-10H2,1-3H3,(H,16,18). The highest BCUT2D eigenvalue weighted by Gasteiger charge is 2.06. The number of amides is 1. The first kappa shape index (κ1) is 12.7. The molecule has 3 nitrogen and oxygen atoms in total. The van der Waals surface area contributed by atoms with Crippen molar-refractivity contribution in [1.82, 2.24) is 9.88 Å². The van der Waals surface area contributed by atoms with Gasteiger partial charge in [0.1, 0.15) is 6.54 Å². The largest absolute Gasteiger partial charge is 0.354 e. The fourth-order valence-electron chi connectivity index (χ4n) is 1.99. The number of hydrogen-bond donors (Lipinski definition) is 1. The minimum Gasteiger partial charge on any atom is -0.354 e. The summed E-state index contributed by atoms with van der Waals surface area (Å²) in [4.78, 5) is 11.8. The molecule has 18 heavy (non-hydrogen) atoms. The van der Waals surface area contributed by atoms with Crippen LogP contribution < -0.4 is 5.32 Å². The average Bonchev–Trinajstić information content (AvgIpc) is 2.69. The highest BCUT2D eigenvalue weighted by molar-refractivity contribution is 5.83. The van der Waals surface area contributed by atoms with Crippen LogP contribution in [0.3, 0.4) is 0 Å². The van der Waals surface area contributed by atoms with Gasteiger partial charge in [-0.15, -0.1) is 0 Å². The van der Waals surface area contributed by atoms with Gasteiger partial charge in [-0.1, -0.05) is 25.5 Å². The summed E-state index contributed by atoms with van der Waals surface area (Å²) in [7, 11) is 0. The third kappa shape index (κ3) is 2.92. The van der Waals surface area contributed by atoms with Gasteiger partial charge in [-0.05, 0) is 36.4 Å².